The first-order chi connectivity index (χ1) is 21.2. The second-order valence-electron chi connectivity index (χ2n) is 11.6. The maximum atomic E-state index is 14.1. The van der Waals surface area contributed by atoms with Gasteiger partial charge in [0.25, 0.3) is 0 Å². The van der Waals surface area contributed by atoms with Gasteiger partial charge in [-0.1, -0.05) is 86.0 Å². The maximum Gasteiger partial charge on any atom is 0.243 e. The number of nitrogens with one attached hydrogen (secondary N) is 1. The largest absolute Gasteiger partial charge is 0.495 e. The highest BCUT2D eigenvalue weighted by Crippen LogP contribution is 2.30. The number of sulfonamides is 1. The van der Waals surface area contributed by atoms with E-state index in [0.717, 1.165) is 48.6 Å². The molecule has 0 aromatic heterocycles. The van der Waals surface area contributed by atoms with Crippen molar-refractivity contribution in [1.82, 2.24) is 10.2 Å². The molecule has 1 aliphatic carbocycles. The third-order valence-corrected chi connectivity index (χ3v) is 9.51. The van der Waals surface area contributed by atoms with Gasteiger partial charge in [-0.2, -0.15) is 0 Å². The number of carbonyl (C=O) groups excluding carboxylic acids is 2. The van der Waals surface area contributed by atoms with Crippen molar-refractivity contribution < 1.29 is 22.7 Å². The molecule has 2 amide bonds. The summed E-state index contributed by atoms with van der Waals surface area (Å²) in [6.07, 6.45) is 7.12. The van der Waals surface area contributed by atoms with Gasteiger partial charge in [0.2, 0.25) is 21.8 Å². The minimum atomic E-state index is -3.65. The summed E-state index contributed by atoms with van der Waals surface area (Å²) in [6, 6.07) is 24.0. The van der Waals surface area contributed by atoms with E-state index in [1.807, 2.05) is 61.5 Å². The van der Waals surface area contributed by atoms with Crippen LogP contribution in [-0.4, -0.2) is 57.1 Å². The Morgan fingerprint density at radius 1 is 0.932 bits per heavy atom. The van der Waals surface area contributed by atoms with Crippen LogP contribution in [-0.2, 0) is 32.6 Å². The summed E-state index contributed by atoms with van der Waals surface area (Å²) < 4.78 is 32.3. The molecule has 8 nitrogen and oxygen atoms in total. The molecule has 9 heteroatoms. The number of hydrogen-bond donors (Lipinski definition) is 1. The van der Waals surface area contributed by atoms with Crippen LogP contribution >= 0.6 is 0 Å². The molecule has 0 aliphatic heterocycles. The summed E-state index contributed by atoms with van der Waals surface area (Å²) >= 11 is 0. The fourth-order valence-electron chi connectivity index (χ4n) is 5.89. The maximum absolute atomic E-state index is 14.1. The molecule has 236 valence electrons. The van der Waals surface area contributed by atoms with Crippen LogP contribution in [0.15, 0.2) is 78.9 Å². The Morgan fingerprint density at radius 2 is 1.59 bits per heavy atom. The molecule has 0 heterocycles. The van der Waals surface area contributed by atoms with Crippen LogP contribution in [0.5, 0.6) is 5.75 Å². The van der Waals surface area contributed by atoms with Crippen molar-refractivity contribution >= 4 is 27.5 Å². The van der Waals surface area contributed by atoms with E-state index in [2.05, 4.69) is 5.32 Å². The molecule has 1 fully saturated rings. The average Bonchev–Trinajstić information content (AvgIpc) is 3.02. The fraction of sp³-hybridized carbons (Fsp3) is 0.429. The highest BCUT2D eigenvalue weighted by molar-refractivity contribution is 7.92. The molecule has 3 aromatic rings. The van der Waals surface area contributed by atoms with Gasteiger partial charge in [0.05, 0.1) is 19.1 Å². The van der Waals surface area contributed by atoms with Crippen molar-refractivity contribution in [2.75, 3.05) is 24.2 Å². The number of methoxy groups -OCH3 is 1. The number of para-hydroxylation sites is 2. The molecule has 44 heavy (non-hydrogen) atoms. The van der Waals surface area contributed by atoms with Gasteiger partial charge in [-0.25, -0.2) is 8.42 Å². The highest BCUT2D eigenvalue weighted by Gasteiger charge is 2.32. The number of amides is 2. The molecule has 3 aromatic carbocycles. The lowest BCUT2D eigenvalue weighted by molar-refractivity contribution is -0.141. The third-order valence-electron chi connectivity index (χ3n) is 8.33. The van der Waals surface area contributed by atoms with E-state index in [1.165, 1.54) is 17.8 Å². The predicted molar refractivity (Wildman–Crippen MR) is 175 cm³/mol. The number of ether oxygens (including phenoxy) is 1. The summed E-state index contributed by atoms with van der Waals surface area (Å²) in [4.78, 5) is 29.8. The number of rotatable bonds is 14. The summed E-state index contributed by atoms with van der Waals surface area (Å²) in [5, 5.41) is 3.27. The molecule has 0 spiro atoms. The van der Waals surface area contributed by atoms with Gasteiger partial charge in [-0.05, 0) is 55.0 Å². The highest BCUT2D eigenvalue weighted by atomic mass is 32.2. The number of aryl methyl sites for hydroxylation is 1. The molecule has 1 unspecified atom stereocenters. The van der Waals surface area contributed by atoms with Crippen LogP contribution in [0.25, 0.3) is 0 Å². The predicted octanol–water partition coefficient (Wildman–Crippen LogP) is 5.64. The monoisotopic (exact) mass is 619 g/mol. The van der Waals surface area contributed by atoms with Crippen LogP contribution < -0.4 is 14.4 Å². The zero-order valence-corrected chi connectivity index (χ0v) is 26.9. The molecule has 0 saturated heterocycles. The van der Waals surface area contributed by atoms with Crippen LogP contribution in [0, 0.1) is 6.92 Å². The number of anilines is 1. The van der Waals surface area contributed by atoms with E-state index in [4.69, 9.17) is 4.74 Å². The van der Waals surface area contributed by atoms with Crippen LogP contribution in [0.3, 0.4) is 0 Å². The minimum Gasteiger partial charge on any atom is -0.495 e. The standard InChI is InChI=1S/C35H45N3O5S/c1-27-15-10-11-18-29(27)26-37(32(25-28-16-6-4-7-17-28)35(40)36-30-19-8-5-9-20-30)34(39)23-14-24-38(44(3,41)42)31-21-12-13-22-33(31)43-2/h4,6-7,10-13,15-18,21-22,30,32H,5,8-9,14,19-20,23-26H2,1-3H3,(H,36,40). The third kappa shape index (κ3) is 9.08. The zero-order chi connectivity index (χ0) is 31.5. The molecule has 0 radical (unpaired) electrons. The first-order valence-corrected chi connectivity index (χ1v) is 17.3. The van der Waals surface area contributed by atoms with E-state index < -0.39 is 16.1 Å². The van der Waals surface area contributed by atoms with Crippen molar-refractivity contribution in [3.63, 3.8) is 0 Å². The molecular formula is C35H45N3O5S. The second-order valence-corrected chi connectivity index (χ2v) is 13.5. The zero-order valence-electron chi connectivity index (χ0n) is 26.1. The molecule has 1 atom stereocenters. The van der Waals surface area contributed by atoms with Gasteiger partial charge in [-0.15, -0.1) is 0 Å². The van der Waals surface area contributed by atoms with E-state index in [1.54, 1.807) is 29.2 Å². The first-order valence-electron chi connectivity index (χ1n) is 15.5. The summed E-state index contributed by atoms with van der Waals surface area (Å²) in [5.74, 6) is 0.101. The van der Waals surface area contributed by atoms with E-state index >= 15 is 0 Å². The van der Waals surface area contributed by atoms with Gasteiger partial charge < -0.3 is 15.0 Å². The second kappa shape index (κ2) is 15.7. The summed E-state index contributed by atoms with van der Waals surface area (Å²) in [7, 11) is -2.15. The van der Waals surface area contributed by atoms with Gasteiger partial charge in [0.1, 0.15) is 11.8 Å². The number of benzene rings is 3. The van der Waals surface area contributed by atoms with Crippen molar-refractivity contribution in [3.05, 3.63) is 95.6 Å². The SMILES string of the molecule is COc1ccccc1N(CCCC(=O)N(Cc1ccccc1C)C(Cc1ccccc1)C(=O)NC1CCCCC1)S(C)(=O)=O. The lowest BCUT2D eigenvalue weighted by Gasteiger charge is -2.34. The Bertz CT molecular complexity index is 1490. The molecule has 1 aliphatic rings. The lowest BCUT2D eigenvalue weighted by atomic mass is 9.94. The molecule has 4 rings (SSSR count). The lowest BCUT2D eigenvalue weighted by Crippen LogP contribution is -2.53. The molecular weight excluding hydrogens is 574 g/mol. The molecule has 1 saturated carbocycles. The quantitative estimate of drug-likeness (QED) is 0.252. The Hall–Kier alpha value is -3.85. The fourth-order valence-corrected chi connectivity index (χ4v) is 6.86. The topological polar surface area (TPSA) is 96.0 Å². The van der Waals surface area contributed by atoms with Crippen molar-refractivity contribution in [3.8, 4) is 5.75 Å². The minimum absolute atomic E-state index is 0.0784. The van der Waals surface area contributed by atoms with Crippen molar-refractivity contribution in [2.45, 2.75) is 76.9 Å². The van der Waals surface area contributed by atoms with Crippen LogP contribution in [0.4, 0.5) is 5.69 Å². The van der Waals surface area contributed by atoms with Crippen LogP contribution in [0.2, 0.25) is 0 Å². The Labute approximate surface area is 262 Å². The van der Waals surface area contributed by atoms with Gasteiger partial charge in [0.15, 0.2) is 0 Å². The van der Waals surface area contributed by atoms with Crippen molar-refractivity contribution in [2.24, 2.45) is 0 Å². The number of carbonyl (C=O) groups is 2. The van der Waals surface area contributed by atoms with E-state index in [-0.39, 0.29) is 43.8 Å². The molecule has 0 bridgehead atoms. The Kier molecular flexibility index (Phi) is 11.8. The Morgan fingerprint density at radius 3 is 2.27 bits per heavy atom. The smallest absolute Gasteiger partial charge is 0.243 e. The Balaban J connectivity index is 1.61. The number of hydrogen-bond acceptors (Lipinski definition) is 5. The average molecular weight is 620 g/mol. The summed E-state index contributed by atoms with van der Waals surface area (Å²) in [6.45, 7) is 2.38. The molecule has 1 N–H and O–H groups in total. The van der Waals surface area contributed by atoms with Gasteiger partial charge in [-0.3, -0.25) is 13.9 Å². The van der Waals surface area contributed by atoms with E-state index in [9.17, 15) is 18.0 Å². The number of nitrogens with zero attached hydrogens (tertiary/aromatic N) is 2. The van der Waals surface area contributed by atoms with Crippen molar-refractivity contribution in [1.29, 1.82) is 0 Å². The van der Waals surface area contributed by atoms with Gasteiger partial charge >= 0.3 is 0 Å². The first kappa shape index (κ1) is 33.1. The summed E-state index contributed by atoms with van der Waals surface area (Å²) in [5.41, 5.74) is 3.40. The van der Waals surface area contributed by atoms with Crippen LogP contribution in [0.1, 0.15) is 61.6 Å². The van der Waals surface area contributed by atoms with E-state index in [0.29, 0.717) is 17.9 Å². The van der Waals surface area contributed by atoms with Gasteiger partial charge in [0, 0.05) is 32.0 Å². The normalized spacial score (nSPS) is 14.4.